The zero-order chi connectivity index (χ0) is 18.1. The molecule has 0 saturated carbocycles. The lowest BCUT2D eigenvalue weighted by Crippen LogP contribution is -2.32. The van der Waals surface area contributed by atoms with Crippen molar-refractivity contribution >= 4 is 16.8 Å². The molecule has 2 aromatic heterocycles. The van der Waals surface area contributed by atoms with Gasteiger partial charge in [-0.1, -0.05) is 11.6 Å². The number of nitrogens with zero attached hydrogens (tertiary/aromatic N) is 4. The van der Waals surface area contributed by atoms with Crippen LogP contribution in [0.25, 0.3) is 10.9 Å². The van der Waals surface area contributed by atoms with Gasteiger partial charge >= 0.3 is 0 Å². The van der Waals surface area contributed by atoms with E-state index >= 15 is 0 Å². The van der Waals surface area contributed by atoms with E-state index in [1.165, 1.54) is 5.56 Å². The van der Waals surface area contributed by atoms with Crippen LogP contribution in [0.2, 0.25) is 0 Å². The van der Waals surface area contributed by atoms with Crippen molar-refractivity contribution in [2.45, 2.75) is 52.1 Å². The first-order chi connectivity index (χ1) is 12.6. The third kappa shape index (κ3) is 3.31. The number of hydrogen-bond acceptors (Lipinski definition) is 4. The molecule has 2 heterocycles. The SMILES string of the molecule is Cc1ccc2c(cnn2CCC(=O)N[C@@H]2CCCc3nc(C)ncc32)c1. The van der Waals surface area contributed by atoms with Gasteiger partial charge in [-0.25, -0.2) is 9.97 Å². The third-order valence-corrected chi connectivity index (χ3v) is 4.99. The van der Waals surface area contributed by atoms with Crippen LogP contribution in [0.15, 0.2) is 30.6 Å². The van der Waals surface area contributed by atoms with Crippen molar-refractivity contribution in [2.24, 2.45) is 0 Å². The first-order valence-electron chi connectivity index (χ1n) is 9.14. The van der Waals surface area contributed by atoms with E-state index in [2.05, 4.69) is 45.5 Å². The van der Waals surface area contributed by atoms with E-state index in [0.29, 0.717) is 13.0 Å². The maximum atomic E-state index is 12.5. The van der Waals surface area contributed by atoms with Crippen LogP contribution in [0.3, 0.4) is 0 Å². The van der Waals surface area contributed by atoms with Crippen molar-refractivity contribution < 1.29 is 4.79 Å². The minimum Gasteiger partial charge on any atom is -0.349 e. The van der Waals surface area contributed by atoms with Crippen LogP contribution in [0, 0.1) is 13.8 Å². The van der Waals surface area contributed by atoms with Crippen LogP contribution in [0.1, 0.15) is 47.9 Å². The van der Waals surface area contributed by atoms with Crippen LogP contribution in [-0.2, 0) is 17.8 Å². The smallest absolute Gasteiger partial charge is 0.222 e. The van der Waals surface area contributed by atoms with E-state index in [0.717, 1.165) is 47.2 Å². The number of hydrogen-bond donors (Lipinski definition) is 1. The molecule has 26 heavy (non-hydrogen) atoms. The van der Waals surface area contributed by atoms with Crippen molar-refractivity contribution in [3.63, 3.8) is 0 Å². The maximum absolute atomic E-state index is 12.5. The van der Waals surface area contributed by atoms with Gasteiger partial charge in [0.05, 0.1) is 24.3 Å². The van der Waals surface area contributed by atoms with Crippen LogP contribution in [0.4, 0.5) is 0 Å². The van der Waals surface area contributed by atoms with E-state index < -0.39 is 0 Å². The summed E-state index contributed by atoms with van der Waals surface area (Å²) in [7, 11) is 0. The molecule has 1 amide bonds. The highest BCUT2D eigenvalue weighted by Crippen LogP contribution is 2.28. The molecular formula is C20H23N5O. The Balaban J connectivity index is 1.42. The second-order valence-corrected chi connectivity index (χ2v) is 7.01. The van der Waals surface area contributed by atoms with Crippen molar-refractivity contribution in [3.8, 4) is 0 Å². The van der Waals surface area contributed by atoms with Crippen molar-refractivity contribution in [1.29, 1.82) is 0 Å². The molecule has 0 fully saturated rings. The second-order valence-electron chi connectivity index (χ2n) is 7.01. The van der Waals surface area contributed by atoms with E-state index in [9.17, 15) is 4.79 Å². The molecule has 0 spiro atoms. The number of fused-ring (bicyclic) bond motifs is 2. The number of carbonyl (C=O) groups excluding carboxylic acids is 1. The van der Waals surface area contributed by atoms with Crippen molar-refractivity contribution in [2.75, 3.05) is 0 Å². The molecular weight excluding hydrogens is 326 g/mol. The molecule has 3 aromatic rings. The van der Waals surface area contributed by atoms with Crippen LogP contribution in [-0.4, -0.2) is 25.7 Å². The lowest BCUT2D eigenvalue weighted by atomic mass is 9.92. The maximum Gasteiger partial charge on any atom is 0.222 e. The summed E-state index contributed by atoms with van der Waals surface area (Å²) in [6.45, 7) is 4.54. The highest BCUT2D eigenvalue weighted by molar-refractivity contribution is 5.80. The van der Waals surface area contributed by atoms with Gasteiger partial charge in [0.25, 0.3) is 0 Å². The molecule has 1 atom stereocenters. The van der Waals surface area contributed by atoms with Crippen LogP contribution < -0.4 is 5.32 Å². The van der Waals surface area contributed by atoms with Crippen molar-refractivity contribution in [1.82, 2.24) is 25.1 Å². The molecule has 6 heteroatoms. The Bertz CT molecular complexity index is 962. The highest BCUT2D eigenvalue weighted by atomic mass is 16.1. The number of benzene rings is 1. The number of amides is 1. The summed E-state index contributed by atoms with van der Waals surface area (Å²) >= 11 is 0. The fraction of sp³-hybridized carbons (Fsp3) is 0.400. The Morgan fingerprint density at radius 3 is 3.08 bits per heavy atom. The van der Waals surface area contributed by atoms with Crippen molar-refractivity contribution in [3.05, 3.63) is 53.2 Å². The molecule has 1 aliphatic carbocycles. The van der Waals surface area contributed by atoms with E-state index in [4.69, 9.17) is 0 Å². The quantitative estimate of drug-likeness (QED) is 0.786. The largest absolute Gasteiger partial charge is 0.349 e. The number of aromatic nitrogens is 4. The minimum absolute atomic E-state index is 0.0175. The van der Waals surface area contributed by atoms with Gasteiger partial charge < -0.3 is 5.32 Å². The number of rotatable bonds is 4. The molecule has 0 radical (unpaired) electrons. The average molecular weight is 349 g/mol. The first kappa shape index (κ1) is 16.7. The summed E-state index contributed by atoms with van der Waals surface area (Å²) in [5.41, 5.74) is 4.41. The van der Waals surface area contributed by atoms with Gasteiger partial charge in [-0.3, -0.25) is 9.48 Å². The normalized spacial score (nSPS) is 16.5. The van der Waals surface area contributed by atoms with Gasteiger partial charge in [0.2, 0.25) is 5.91 Å². The Morgan fingerprint density at radius 1 is 1.31 bits per heavy atom. The zero-order valence-corrected chi connectivity index (χ0v) is 15.2. The lowest BCUT2D eigenvalue weighted by Gasteiger charge is -2.25. The predicted octanol–water partition coefficient (Wildman–Crippen LogP) is 3.03. The van der Waals surface area contributed by atoms with E-state index in [1.54, 1.807) is 0 Å². The van der Waals surface area contributed by atoms with Crippen LogP contribution >= 0.6 is 0 Å². The molecule has 1 N–H and O–H groups in total. The molecule has 0 bridgehead atoms. The van der Waals surface area contributed by atoms with Gasteiger partial charge in [-0.2, -0.15) is 5.10 Å². The third-order valence-electron chi connectivity index (χ3n) is 4.99. The Hall–Kier alpha value is -2.76. The summed E-state index contributed by atoms with van der Waals surface area (Å²) in [6.07, 6.45) is 7.07. The highest BCUT2D eigenvalue weighted by Gasteiger charge is 2.23. The minimum atomic E-state index is 0.0175. The molecule has 0 aliphatic heterocycles. The molecule has 1 aliphatic rings. The molecule has 6 nitrogen and oxygen atoms in total. The summed E-state index contributed by atoms with van der Waals surface area (Å²) in [5, 5.41) is 8.68. The van der Waals surface area contributed by atoms with Gasteiger partial charge in [0.1, 0.15) is 5.82 Å². The lowest BCUT2D eigenvalue weighted by molar-refractivity contribution is -0.122. The fourth-order valence-electron chi connectivity index (χ4n) is 3.66. The molecule has 0 saturated heterocycles. The standard InChI is InChI=1S/C20H23N5O/c1-13-6-7-19-15(10-13)11-22-25(19)9-8-20(26)24-18-5-3-4-17-16(18)12-21-14(2)23-17/h6-7,10-12,18H,3-5,8-9H2,1-2H3,(H,24,26)/t18-/m1/s1. The molecule has 4 rings (SSSR count). The van der Waals surface area contributed by atoms with Gasteiger partial charge in [-0.05, 0) is 45.2 Å². The van der Waals surface area contributed by atoms with E-state index in [1.807, 2.05) is 24.0 Å². The van der Waals surface area contributed by atoms with Gasteiger partial charge in [0, 0.05) is 29.3 Å². The topological polar surface area (TPSA) is 72.7 Å². The predicted molar refractivity (Wildman–Crippen MR) is 99.7 cm³/mol. The average Bonchev–Trinajstić information content (AvgIpc) is 3.02. The van der Waals surface area contributed by atoms with Gasteiger partial charge in [0.15, 0.2) is 0 Å². The second kappa shape index (κ2) is 6.86. The number of nitrogens with one attached hydrogen (secondary N) is 1. The zero-order valence-electron chi connectivity index (χ0n) is 15.2. The Labute approximate surface area is 152 Å². The summed E-state index contributed by atoms with van der Waals surface area (Å²) in [4.78, 5) is 21.3. The number of carbonyl (C=O) groups is 1. The number of aryl methyl sites for hydroxylation is 4. The first-order valence-corrected chi connectivity index (χ1v) is 9.14. The molecule has 0 unspecified atom stereocenters. The molecule has 134 valence electrons. The summed E-state index contributed by atoms with van der Waals surface area (Å²) in [5.74, 6) is 0.829. The summed E-state index contributed by atoms with van der Waals surface area (Å²) in [6, 6.07) is 6.26. The summed E-state index contributed by atoms with van der Waals surface area (Å²) < 4.78 is 1.90. The van der Waals surface area contributed by atoms with Gasteiger partial charge in [-0.15, -0.1) is 0 Å². The Kier molecular flexibility index (Phi) is 4.41. The fourth-order valence-corrected chi connectivity index (χ4v) is 3.66. The van der Waals surface area contributed by atoms with E-state index in [-0.39, 0.29) is 11.9 Å². The molecule has 1 aromatic carbocycles. The van der Waals surface area contributed by atoms with Crippen LogP contribution in [0.5, 0.6) is 0 Å². The Morgan fingerprint density at radius 2 is 2.19 bits per heavy atom. The monoisotopic (exact) mass is 349 g/mol.